The monoisotopic (exact) mass is 180 g/mol. The molecule has 0 saturated carbocycles. The van der Waals surface area contributed by atoms with Gasteiger partial charge >= 0.3 is 0 Å². The van der Waals surface area contributed by atoms with E-state index in [9.17, 15) is 0 Å². The van der Waals surface area contributed by atoms with Crippen LogP contribution < -0.4 is 0 Å². The summed E-state index contributed by atoms with van der Waals surface area (Å²) < 4.78 is 11.2. The van der Waals surface area contributed by atoms with Crippen LogP contribution >= 0.6 is 0 Å². The van der Waals surface area contributed by atoms with Gasteiger partial charge < -0.3 is 9.47 Å². The average Bonchev–Trinajstić information content (AvgIpc) is 2.27. The minimum atomic E-state index is 0.117. The van der Waals surface area contributed by atoms with E-state index in [2.05, 4.69) is 38.2 Å². The van der Waals surface area contributed by atoms with E-state index in [-0.39, 0.29) is 17.6 Å². The topological polar surface area (TPSA) is 18.5 Å². The van der Waals surface area contributed by atoms with Crippen molar-refractivity contribution in [2.24, 2.45) is 5.41 Å². The molecule has 2 nitrogen and oxygen atoms in total. The van der Waals surface area contributed by atoms with E-state index in [0.29, 0.717) is 13.2 Å². The summed E-state index contributed by atoms with van der Waals surface area (Å²) in [5.41, 5.74) is 0.129. The zero-order valence-electron chi connectivity index (χ0n) is 8.19. The molecule has 72 valence electrons. The van der Waals surface area contributed by atoms with Crippen LogP contribution in [0.25, 0.3) is 0 Å². The van der Waals surface area contributed by atoms with E-state index in [1.165, 1.54) is 0 Å². The Balaban J connectivity index is 2.19. The molecule has 1 aliphatic carbocycles. The van der Waals surface area contributed by atoms with Crippen LogP contribution in [0, 0.1) is 5.41 Å². The van der Waals surface area contributed by atoms with Crippen molar-refractivity contribution in [2.45, 2.75) is 26.1 Å². The summed E-state index contributed by atoms with van der Waals surface area (Å²) in [6.45, 7) is 5.77. The first-order valence-electron chi connectivity index (χ1n) is 4.79. The number of hydrogen-bond acceptors (Lipinski definition) is 2. The zero-order valence-corrected chi connectivity index (χ0v) is 8.19. The van der Waals surface area contributed by atoms with Crippen LogP contribution in [-0.4, -0.2) is 25.4 Å². The largest absolute Gasteiger partial charge is 0.369 e. The summed E-state index contributed by atoms with van der Waals surface area (Å²) in [7, 11) is 0. The predicted molar refractivity (Wildman–Crippen MR) is 51.5 cm³/mol. The normalized spacial score (nSPS) is 36.8. The van der Waals surface area contributed by atoms with Gasteiger partial charge in [-0.05, 0) is 0 Å². The Morgan fingerprint density at radius 2 is 1.46 bits per heavy atom. The van der Waals surface area contributed by atoms with Crippen molar-refractivity contribution in [3.8, 4) is 0 Å². The standard InChI is InChI=1S/C11H16O2/c1-11(2)5-3-9-10(4-6-11)13-8-7-12-9/h3-6,9-10H,7-8H2,1-2H3. The third kappa shape index (κ3) is 2.01. The first-order chi connectivity index (χ1) is 6.17. The molecular formula is C11H16O2. The maximum Gasteiger partial charge on any atom is 0.105 e. The first-order valence-corrected chi connectivity index (χ1v) is 4.79. The summed E-state index contributed by atoms with van der Waals surface area (Å²) in [4.78, 5) is 0. The van der Waals surface area contributed by atoms with Gasteiger partial charge in [0, 0.05) is 5.41 Å². The molecule has 1 saturated heterocycles. The number of fused-ring (bicyclic) bond motifs is 1. The van der Waals surface area contributed by atoms with Crippen molar-refractivity contribution in [3.05, 3.63) is 24.3 Å². The van der Waals surface area contributed by atoms with Crippen molar-refractivity contribution in [2.75, 3.05) is 13.2 Å². The highest BCUT2D eigenvalue weighted by molar-refractivity contribution is 5.17. The summed E-state index contributed by atoms with van der Waals surface area (Å²) in [5.74, 6) is 0. The van der Waals surface area contributed by atoms with E-state index in [1.54, 1.807) is 0 Å². The molecule has 2 rings (SSSR count). The lowest BCUT2D eigenvalue weighted by Crippen LogP contribution is -2.35. The van der Waals surface area contributed by atoms with E-state index >= 15 is 0 Å². The summed E-state index contributed by atoms with van der Waals surface area (Å²) in [5, 5.41) is 0. The van der Waals surface area contributed by atoms with E-state index in [1.807, 2.05) is 0 Å². The highest BCUT2D eigenvalue weighted by Crippen LogP contribution is 2.26. The second-order valence-corrected chi connectivity index (χ2v) is 4.21. The SMILES string of the molecule is CC1(C)C=CC2OCCOC2C=C1. The van der Waals surface area contributed by atoms with Gasteiger partial charge in [0.2, 0.25) is 0 Å². The molecule has 0 spiro atoms. The van der Waals surface area contributed by atoms with Crippen LogP contribution in [0.5, 0.6) is 0 Å². The Kier molecular flexibility index (Phi) is 2.26. The maximum absolute atomic E-state index is 5.59. The molecule has 0 bridgehead atoms. The number of rotatable bonds is 0. The zero-order chi connectivity index (χ0) is 9.31. The molecule has 0 radical (unpaired) electrons. The minimum Gasteiger partial charge on any atom is -0.369 e. The lowest BCUT2D eigenvalue weighted by atomic mass is 9.93. The van der Waals surface area contributed by atoms with Crippen LogP contribution in [0.1, 0.15) is 13.8 Å². The summed E-state index contributed by atoms with van der Waals surface area (Å²) in [6.07, 6.45) is 8.83. The van der Waals surface area contributed by atoms with Gasteiger partial charge in [-0.25, -0.2) is 0 Å². The van der Waals surface area contributed by atoms with Crippen LogP contribution in [0.4, 0.5) is 0 Å². The predicted octanol–water partition coefficient (Wildman–Crippen LogP) is 1.92. The van der Waals surface area contributed by atoms with Gasteiger partial charge in [0.05, 0.1) is 13.2 Å². The van der Waals surface area contributed by atoms with Crippen LogP contribution in [0.3, 0.4) is 0 Å². The molecule has 13 heavy (non-hydrogen) atoms. The minimum absolute atomic E-state index is 0.117. The molecule has 2 heteroatoms. The average molecular weight is 180 g/mol. The molecule has 0 N–H and O–H groups in total. The van der Waals surface area contributed by atoms with Gasteiger partial charge in [-0.1, -0.05) is 38.2 Å². The third-order valence-electron chi connectivity index (χ3n) is 2.46. The Morgan fingerprint density at radius 1 is 1.00 bits per heavy atom. The van der Waals surface area contributed by atoms with Gasteiger partial charge in [-0.15, -0.1) is 0 Å². The van der Waals surface area contributed by atoms with Gasteiger partial charge in [-0.3, -0.25) is 0 Å². The number of hydrogen-bond donors (Lipinski definition) is 0. The lowest BCUT2D eigenvalue weighted by molar-refractivity contribution is -0.101. The molecule has 0 aromatic rings. The fraction of sp³-hybridized carbons (Fsp3) is 0.636. The van der Waals surface area contributed by atoms with Crippen molar-refractivity contribution in [3.63, 3.8) is 0 Å². The van der Waals surface area contributed by atoms with Crippen LogP contribution in [-0.2, 0) is 9.47 Å². The van der Waals surface area contributed by atoms with Gasteiger partial charge in [0.1, 0.15) is 12.2 Å². The molecular weight excluding hydrogens is 164 g/mol. The second-order valence-electron chi connectivity index (χ2n) is 4.21. The molecule has 2 aliphatic rings. The fourth-order valence-corrected chi connectivity index (χ4v) is 1.63. The Bertz CT molecular complexity index is 216. The highest BCUT2D eigenvalue weighted by Gasteiger charge is 2.26. The quantitative estimate of drug-likeness (QED) is 0.530. The molecule has 1 fully saturated rings. The van der Waals surface area contributed by atoms with Crippen molar-refractivity contribution in [1.82, 2.24) is 0 Å². The van der Waals surface area contributed by atoms with Gasteiger partial charge in [-0.2, -0.15) is 0 Å². The van der Waals surface area contributed by atoms with E-state index < -0.39 is 0 Å². The number of ether oxygens (including phenoxy) is 2. The molecule has 0 amide bonds. The molecule has 1 heterocycles. The van der Waals surface area contributed by atoms with Crippen molar-refractivity contribution < 1.29 is 9.47 Å². The fourth-order valence-electron chi connectivity index (χ4n) is 1.63. The third-order valence-corrected chi connectivity index (χ3v) is 2.46. The Labute approximate surface area is 79.2 Å². The van der Waals surface area contributed by atoms with Crippen molar-refractivity contribution in [1.29, 1.82) is 0 Å². The lowest BCUT2D eigenvalue weighted by Gasteiger charge is -2.27. The van der Waals surface area contributed by atoms with E-state index in [4.69, 9.17) is 9.47 Å². The maximum atomic E-state index is 5.59. The highest BCUT2D eigenvalue weighted by atomic mass is 16.6. The molecule has 1 aliphatic heterocycles. The van der Waals surface area contributed by atoms with Gasteiger partial charge in [0.25, 0.3) is 0 Å². The summed E-state index contributed by atoms with van der Waals surface area (Å²) >= 11 is 0. The summed E-state index contributed by atoms with van der Waals surface area (Å²) in [6, 6.07) is 0. The van der Waals surface area contributed by atoms with Crippen LogP contribution in [0.2, 0.25) is 0 Å². The van der Waals surface area contributed by atoms with Gasteiger partial charge in [0.15, 0.2) is 0 Å². The first kappa shape index (κ1) is 8.97. The Hall–Kier alpha value is -0.600. The number of allylic oxidation sites excluding steroid dienone is 2. The molecule has 0 aromatic heterocycles. The van der Waals surface area contributed by atoms with Crippen LogP contribution in [0.15, 0.2) is 24.3 Å². The smallest absolute Gasteiger partial charge is 0.105 e. The van der Waals surface area contributed by atoms with E-state index in [0.717, 1.165) is 0 Å². The molecule has 2 atom stereocenters. The van der Waals surface area contributed by atoms with Crippen molar-refractivity contribution >= 4 is 0 Å². The molecule has 0 aromatic carbocycles. The second kappa shape index (κ2) is 3.28. The Morgan fingerprint density at radius 3 is 1.92 bits per heavy atom. The molecule has 2 unspecified atom stereocenters.